The zero-order chi connectivity index (χ0) is 37.0. The van der Waals surface area contributed by atoms with E-state index in [0.717, 1.165) is 25.7 Å². The Bertz CT molecular complexity index is 1400. The van der Waals surface area contributed by atoms with Crippen LogP contribution in [0.3, 0.4) is 0 Å². The number of ether oxygens (including phenoxy) is 1. The summed E-state index contributed by atoms with van der Waals surface area (Å²) in [4.78, 5) is 69.8. The first-order chi connectivity index (χ1) is 23.5. The molecule has 14 heteroatoms. The second-order valence-corrected chi connectivity index (χ2v) is 18.4. The minimum absolute atomic E-state index is 0.00623. The molecule has 13 nitrogen and oxygen atoms in total. The van der Waals surface area contributed by atoms with E-state index in [-0.39, 0.29) is 55.6 Å². The molecule has 50 heavy (non-hydrogen) atoms. The molecule has 0 aromatic rings. The first-order valence-electron chi connectivity index (χ1n) is 18.4. The fraction of sp³-hybridized carbons (Fsp3) is 0.806. The lowest BCUT2D eigenvalue weighted by atomic mass is 9.79. The average molecular weight is 722 g/mol. The lowest BCUT2D eigenvalue weighted by Gasteiger charge is -2.45. The number of carbonyl (C=O) groups excluding carboxylic acids is 5. The van der Waals surface area contributed by atoms with Crippen molar-refractivity contribution in [2.45, 2.75) is 122 Å². The maximum absolute atomic E-state index is 14.5. The van der Waals surface area contributed by atoms with Crippen molar-refractivity contribution < 1.29 is 37.1 Å². The highest BCUT2D eigenvalue weighted by Crippen LogP contribution is 2.59. The summed E-state index contributed by atoms with van der Waals surface area (Å²) in [6.07, 6.45) is 6.54. The Morgan fingerprint density at radius 2 is 1.74 bits per heavy atom. The fourth-order valence-electron chi connectivity index (χ4n) is 8.52. The van der Waals surface area contributed by atoms with Gasteiger partial charge in [-0.2, -0.15) is 0 Å². The van der Waals surface area contributed by atoms with Crippen LogP contribution in [0, 0.1) is 29.1 Å². The number of urea groups is 1. The van der Waals surface area contributed by atoms with Gasteiger partial charge in [0.1, 0.15) is 17.3 Å². The van der Waals surface area contributed by atoms with E-state index in [0.29, 0.717) is 25.8 Å². The number of nitrogens with zero attached hydrogens (tertiary/aromatic N) is 1. The van der Waals surface area contributed by atoms with Crippen molar-refractivity contribution in [1.82, 2.24) is 26.2 Å². The van der Waals surface area contributed by atoms with E-state index < -0.39 is 73.7 Å². The molecule has 0 aromatic heterocycles. The van der Waals surface area contributed by atoms with Crippen molar-refractivity contribution in [2.75, 3.05) is 32.1 Å². The molecule has 7 atom stereocenters. The predicted octanol–water partition coefficient (Wildman–Crippen LogP) is 2.49. The summed E-state index contributed by atoms with van der Waals surface area (Å²) in [5.74, 6) is -2.10. The lowest BCUT2D eigenvalue weighted by molar-refractivity contribution is -0.145. The van der Waals surface area contributed by atoms with E-state index in [2.05, 4.69) is 41.7 Å². The Labute approximate surface area is 297 Å². The number of hydrogen-bond acceptors (Lipinski definition) is 8. The number of rotatable bonds is 14. The van der Waals surface area contributed by atoms with Gasteiger partial charge in [0.25, 0.3) is 5.91 Å². The summed E-state index contributed by atoms with van der Waals surface area (Å²) < 4.78 is 32.0. The van der Waals surface area contributed by atoms with Gasteiger partial charge in [0.05, 0.1) is 30.5 Å². The average Bonchev–Trinajstić information content (AvgIpc) is 3.63. The summed E-state index contributed by atoms with van der Waals surface area (Å²) in [5, 5.41) is 10.4. The molecule has 2 aliphatic heterocycles. The molecule has 4 rings (SSSR count). The van der Waals surface area contributed by atoms with Crippen LogP contribution in [-0.4, -0.2) is 104 Å². The summed E-state index contributed by atoms with van der Waals surface area (Å²) in [6.45, 7) is 15.8. The highest BCUT2D eigenvalue weighted by Gasteiger charge is 2.65. The van der Waals surface area contributed by atoms with Gasteiger partial charge in [-0.3, -0.25) is 19.2 Å². The van der Waals surface area contributed by atoms with Crippen LogP contribution in [-0.2, 0) is 33.8 Å². The lowest BCUT2D eigenvalue weighted by Crippen LogP contribution is -2.67. The zero-order valence-corrected chi connectivity index (χ0v) is 31.5. The molecule has 0 aromatic carbocycles. The van der Waals surface area contributed by atoms with Crippen molar-refractivity contribution >= 4 is 39.4 Å². The Hall–Kier alpha value is -3.00. The van der Waals surface area contributed by atoms with Crippen LogP contribution in [0.4, 0.5) is 4.79 Å². The van der Waals surface area contributed by atoms with E-state index in [4.69, 9.17) is 4.74 Å². The van der Waals surface area contributed by atoms with Crippen LogP contribution in [0.15, 0.2) is 12.7 Å². The van der Waals surface area contributed by atoms with Crippen LogP contribution in [0.2, 0.25) is 0 Å². The molecule has 4 unspecified atom stereocenters. The molecule has 4 aliphatic rings. The molecule has 0 radical (unpaired) electrons. The number of unbranched alkanes of at least 4 members (excludes halogenated alkanes) is 1. The Morgan fingerprint density at radius 3 is 2.32 bits per heavy atom. The normalized spacial score (nSPS) is 28.1. The molecule has 0 spiro atoms. The fourth-order valence-corrected chi connectivity index (χ4v) is 10.4. The first-order valence-corrected chi connectivity index (χ1v) is 20.1. The second-order valence-electron chi connectivity index (χ2n) is 16.1. The Balaban J connectivity index is 1.57. The monoisotopic (exact) mass is 721 g/mol. The third-order valence-corrected chi connectivity index (χ3v) is 13.3. The highest BCUT2D eigenvalue weighted by atomic mass is 32.2. The number of likely N-dealkylation sites (tertiary alicyclic amines) is 1. The molecule has 2 saturated carbocycles. The Kier molecular flexibility index (Phi) is 12.8. The van der Waals surface area contributed by atoms with Gasteiger partial charge in [-0.05, 0) is 48.3 Å². The predicted molar refractivity (Wildman–Crippen MR) is 190 cm³/mol. The summed E-state index contributed by atoms with van der Waals surface area (Å²) in [6, 6.07) is -3.61. The molecule has 2 aliphatic carbocycles. The van der Waals surface area contributed by atoms with Crippen molar-refractivity contribution in [2.24, 2.45) is 29.1 Å². The maximum atomic E-state index is 14.5. The molecule has 0 bridgehead atoms. The smallest absolute Gasteiger partial charge is 0.315 e. The van der Waals surface area contributed by atoms with E-state index in [9.17, 15) is 32.4 Å². The molecule has 4 N–H and O–H groups in total. The number of carbonyl (C=O) groups is 5. The van der Waals surface area contributed by atoms with Crippen LogP contribution < -0.4 is 21.3 Å². The van der Waals surface area contributed by atoms with E-state index >= 15 is 0 Å². The van der Waals surface area contributed by atoms with Gasteiger partial charge in [-0.15, -0.1) is 6.58 Å². The SMILES string of the molecule is C=CCNC(=O)C(=O)[C@H](CCCC)NC(=O)[C@@H]1C2C(CN1C(=O)[C@@H](NC(=O)NC1(C3COCCS3(=O)=O)CCCCC1)C(C)(C)C)C2C(C)C. The summed E-state index contributed by atoms with van der Waals surface area (Å²) in [7, 11) is -3.52. The molecular formula is C36H59N5O8S. The molecule has 4 fully saturated rings. The van der Waals surface area contributed by atoms with Crippen LogP contribution in [0.1, 0.15) is 92.9 Å². The van der Waals surface area contributed by atoms with Gasteiger partial charge < -0.3 is 30.9 Å². The molecule has 5 amide bonds. The quantitative estimate of drug-likeness (QED) is 0.156. The van der Waals surface area contributed by atoms with Crippen molar-refractivity contribution in [3.63, 3.8) is 0 Å². The Morgan fingerprint density at radius 1 is 1.06 bits per heavy atom. The van der Waals surface area contributed by atoms with Gasteiger partial charge >= 0.3 is 6.03 Å². The highest BCUT2D eigenvalue weighted by molar-refractivity contribution is 7.92. The third kappa shape index (κ3) is 8.71. The number of sulfone groups is 1. The summed E-state index contributed by atoms with van der Waals surface area (Å²) in [5.41, 5.74) is -1.80. The standard InChI is InChI=1S/C36H59N5O8S/c1-8-10-14-24(29(42)32(44)37-17-9-2)38-31(43)28-27-23(26(27)22(3)4)20-41(28)33(45)30(35(5,6)7)39-34(46)40-36(15-12-11-13-16-36)25-21-49-18-19-50(25,47)48/h9,22-28,30H,2,8,10-21H2,1,3-7H3,(H,37,44)(H,38,43)(H2,39,40,46)/t23?,24-,25?,26?,27?,28-,30+/m0/s1. The second kappa shape index (κ2) is 16.1. The first kappa shape index (κ1) is 39.8. The third-order valence-electron chi connectivity index (χ3n) is 11.2. The largest absolute Gasteiger partial charge is 0.379 e. The van der Waals surface area contributed by atoms with Crippen LogP contribution in [0.25, 0.3) is 0 Å². The number of amides is 5. The number of fused-ring (bicyclic) bond motifs is 1. The van der Waals surface area contributed by atoms with Gasteiger partial charge in [0.15, 0.2) is 9.84 Å². The van der Waals surface area contributed by atoms with E-state index in [1.807, 2.05) is 27.7 Å². The number of hydrogen-bond donors (Lipinski definition) is 4. The minimum Gasteiger partial charge on any atom is -0.379 e. The number of Topliss-reactive ketones (excluding diaryl/α,β-unsaturated/α-hetero) is 1. The van der Waals surface area contributed by atoms with E-state index in [1.54, 1.807) is 0 Å². The zero-order valence-electron chi connectivity index (χ0n) is 30.7. The molecule has 2 saturated heterocycles. The minimum atomic E-state index is -3.52. The van der Waals surface area contributed by atoms with Gasteiger partial charge in [0, 0.05) is 13.1 Å². The van der Waals surface area contributed by atoms with Gasteiger partial charge in [-0.25, -0.2) is 13.2 Å². The number of piperidine rings is 1. The van der Waals surface area contributed by atoms with Crippen molar-refractivity contribution in [3.05, 3.63) is 12.7 Å². The number of ketones is 1. The number of nitrogens with one attached hydrogen (secondary N) is 4. The van der Waals surface area contributed by atoms with E-state index in [1.165, 1.54) is 11.0 Å². The van der Waals surface area contributed by atoms with Gasteiger partial charge in [-0.1, -0.05) is 79.7 Å². The van der Waals surface area contributed by atoms with Gasteiger partial charge in [0.2, 0.25) is 17.6 Å². The summed E-state index contributed by atoms with van der Waals surface area (Å²) >= 11 is 0. The van der Waals surface area contributed by atoms with Crippen molar-refractivity contribution in [3.8, 4) is 0 Å². The topological polar surface area (TPSA) is 180 Å². The molecule has 2 heterocycles. The molecule has 282 valence electrons. The van der Waals surface area contributed by atoms with Crippen LogP contribution >= 0.6 is 0 Å². The molecular weight excluding hydrogens is 662 g/mol. The van der Waals surface area contributed by atoms with Crippen molar-refractivity contribution in [1.29, 1.82) is 0 Å². The maximum Gasteiger partial charge on any atom is 0.315 e. The van der Waals surface area contributed by atoms with Crippen LogP contribution in [0.5, 0.6) is 0 Å².